The van der Waals surface area contributed by atoms with Crippen LogP contribution in [0.15, 0.2) is 24.3 Å². The van der Waals surface area contributed by atoms with Crippen LogP contribution in [-0.2, 0) is 15.3 Å². The van der Waals surface area contributed by atoms with Crippen molar-refractivity contribution in [3.63, 3.8) is 0 Å². The van der Waals surface area contributed by atoms with Crippen LogP contribution in [0.1, 0.15) is 49.0 Å². The van der Waals surface area contributed by atoms with Gasteiger partial charge in [-0.05, 0) is 32.8 Å². The van der Waals surface area contributed by atoms with Gasteiger partial charge < -0.3 is 9.47 Å². The van der Waals surface area contributed by atoms with E-state index in [1.54, 1.807) is 6.07 Å². The molecule has 0 amide bonds. The third-order valence-corrected chi connectivity index (χ3v) is 3.54. The fourth-order valence-electron chi connectivity index (χ4n) is 2.81. The van der Waals surface area contributed by atoms with E-state index in [4.69, 9.17) is 9.47 Å². The number of fused-ring (bicyclic) bond motifs is 2. The molecule has 3 nitrogen and oxygen atoms in total. The van der Waals surface area contributed by atoms with Gasteiger partial charge in [0.1, 0.15) is 0 Å². The van der Waals surface area contributed by atoms with E-state index in [1.807, 2.05) is 32.0 Å². The van der Waals surface area contributed by atoms with E-state index in [-0.39, 0.29) is 11.6 Å². The molecule has 0 aromatic heterocycles. The van der Waals surface area contributed by atoms with Gasteiger partial charge in [-0.1, -0.05) is 18.2 Å². The summed E-state index contributed by atoms with van der Waals surface area (Å²) in [6, 6.07) is 7.51. The Morgan fingerprint density at radius 3 is 2.71 bits per heavy atom. The molecule has 1 fully saturated rings. The Morgan fingerprint density at radius 2 is 1.94 bits per heavy atom. The average Bonchev–Trinajstić information content (AvgIpc) is 2.51. The second-order valence-electron chi connectivity index (χ2n) is 5.40. The van der Waals surface area contributed by atoms with Gasteiger partial charge in [-0.25, -0.2) is 4.79 Å². The third kappa shape index (κ3) is 1.57. The van der Waals surface area contributed by atoms with Crippen LogP contribution >= 0.6 is 0 Å². The number of hydrogen-bond acceptors (Lipinski definition) is 3. The maximum absolute atomic E-state index is 11.8. The van der Waals surface area contributed by atoms with Crippen LogP contribution in [0.3, 0.4) is 0 Å². The Kier molecular flexibility index (Phi) is 2.11. The maximum atomic E-state index is 11.8. The van der Waals surface area contributed by atoms with Crippen molar-refractivity contribution in [2.24, 2.45) is 0 Å². The van der Waals surface area contributed by atoms with Crippen molar-refractivity contribution in [3.8, 4) is 0 Å². The lowest BCUT2D eigenvalue weighted by Gasteiger charge is -2.42. The van der Waals surface area contributed by atoms with E-state index in [0.29, 0.717) is 5.56 Å². The van der Waals surface area contributed by atoms with Crippen LogP contribution in [0.5, 0.6) is 0 Å². The zero-order valence-electron chi connectivity index (χ0n) is 10.2. The lowest BCUT2D eigenvalue weighted by Crippen LogP contribution is -2.43. The van der Waals surface area contributed by atoms with Crippen LogP contribution in [0.4, 0.5) is 0 Å². The number of ether oxygens (including phenoxy) is 2. The lowest BCUT2D eigenvalue weighted by atomic mass is 9.89. The van der Waals surface area contributed by atoms with Crippen molar-refractivity contribution in [3.05, 3.63) is 35.4 Å². The van der Waals surface area contributed by atoms with Gasteiger partial charge in [0, 0.05) is 12.0 Å². The Morgan fingerprint density at radius 1 is 1.18 bits per heavy atom. The molecule has 1 atom stereocenters. The lowest BCUT2D eigenvalue weighted by molar-refractivity contribution is -0.282. The average molecular weight is 232 g/mol. The highest BCUT2D eigenvalue weighted by atomic mass is 16.7. The van der Waals surface area contributed by atoms with E-state index in [9.17, 15) is 4.79 Å². The molecule has 0 aliphatic carbocycles. The molecule has 0 saturated carbocycles. The van der Waals surface area contributed by atoms with Crippen LogP contribution < -0.4 is 0 Å². The summed E-state index contributed by atoms with van der Waals surface area (Å²) in [5.74, 6) is -1.10. The number of carbonyl (C=O) groups is 1. The molecule has 2 heterocycles. The second-order valence-corrected chi connectivity index (χ2v) is 5.40. The van der Waals surface area contributed by atoms with Crippen LogP contribution in [0, 0.1) is 0 Å². The van der Waals surface area contributed by atoms with E-state index in [0.717, 1.165) is 24.8 Å². The standard InChI is InChI=1S/C14H16O3/c1-13(2)8-5-9-14(17-13)11-7-4-3-6-10(11)12(15)16-14/h3-4,6-7H,5,8-9H2,1-2H3. The molecule has 17 heavy (non-hydrogen) atoms. The second kappa shape index (κ2) is 3.33. The quantitative estimate of drug-likeness (QED) is 0.645. The van der Waals surface area contributed by atoms with Crippen molar-refractivity contribution in [2.75, 3.05) is 0 Å². The SMILES string of the molecule is CC1(C)CCCC2(OC(=O)c3ccccc32)O1. The number of carbonyl (C=O) groups excluding carboxylic acids is 1. The summed E-state index contributed by atoms with van der Waals surface area (Å²) < 4.78 is 11.6. The summed E-state index contributed by atoms with van der Waals surface area (Å²) in [4.78, 5) is 11.8. The normalized spacial score (nSPS) is 30.1. The summed E-state index contributed by atoms with van der Waals surface area (Å²) in [6.45, 7) is 4.09. The zero-order valence-corrected chi connectivity index (χ0v) is 10.2. The van der Waals surface area contributed by atoms with Crippen LogP contribution in [-0.4, -0.2) is 11.6 Å². The van der Waals surface area contributed by atoms with Crippen LogP contribution in [0.25, 0.3) is 0 Å². The van der Waals surface area contributed by atoms with Gasteiger partial charge >= 0.3 is 5.97 Å². The highest BCUT2D eigenvalue weighted by Crippen LogP contribution is 2.47. The number of esters is 1. The summed E-state index contributed by atoms with van der Waals surface area (Å²) in [5.41, 5.74) is 1.29. The van der Waals surface area contributed by atoms with E-state index in [1.165, 1.54) is 0 Å². The summed E-state index contributed by atoms with van der Waals surface area (Å²) in [7, 11) is 0. The van der Waals surface area contributed by atoms with Gasteiger partial charge in [-0.15, -0.1) is 0 Å². The van der Waals surface area contributed by atoms with Crippen molar-refractivity contribution in [1.29, 1.82) is 0 Å². The van der Waals surface area contributed by atoms with Crippen LogP contribution in [0.2, 0.25) is 0 Å². The fraction of sp³-hybridized carbons (Fsp3) is 0.500. The highest BCUT2D eigenvalue weighted by molar-refractivity contribution is 5.94. The molecular weight excluding hydrogens is 216 g/mol. The van der Waals surface area contributed by atoms with E-state index >= 15 is 0 Å². The van der Waals surface area contributed by atoms with Gasteiger partial charge in [0.15, 0.2) is 0 Å². The molecule has 2 aliphatic rings. The van der Waals surface area contributed by atoms with Crippen molar-refractivity contribution >= 4 is 5.97 Å². The summed E-state index contributed by atoms with van der Waals surface area (Å²) >= 11 is 0. The molecule has 1 aromatic carbocycles. The van der Waals surface area contributed by atoms with Crippen molar-refractivity contribution in [1.82, 2.24) is 0 Å². The first-order valence-corrected chi connectivity index (χ1v) is 6.06. The molecular formula is C14H16O3. The molecule has 0 N–H and O–H groups in total. The molecule has 1 spiro atoms. The Balaban J connectivity index is 2.08. The molecule has 3 heteroatoms. The first-order valence-electron chi connectivity index (χ1n) is 6.06. The van der Waals surface area contributed by atoms with Gasteiger partial charge in [-0.2, -0.15) is 0 Å². The minimum absolute atomic E-state index is 0.240. The monoisotopic (exact) mass is 232 g/mol. The molecule has 0 bridgehead atoms. The zero-order chi connectivity index (χ0) is 12.1. The van der Waals surface area contributed by atoms with Gasteiger partial charge in [-0.3, -0.25) is 0 Å². The number of hydrogen-bond donors (Lipinski definition) is 0. The molecule has 0 radical (unpaired) electrons. The maximum Gasteiger partial charge on any atom is 0.341 e. The molecule has 3 rings (SSSR count). The number of rotatable bonds is 0. The Labute approximate surface area is 101 Å². The van der Waals surface area contributed by atoms with E-state index < -0.39 is 5.79 Å². The largest absolute Gasteiger partial charge is 0.425 e. The predicted octanol–water partition coefficient (Wildman–Crippen LogP) is 2.99. The van der Waals surface area contributed by atoms with E-state index in [2.05, 4.69) is 0 Å². The number of benzene rings is 1. The first-order chi connectivity index (χ1) is 8.03. The van der Waals surface area contributed by atoms with Gasteiger partial charge in [0.05, 0.1) is 11.2 Å². The third-order valence-electron chi connectivity index (χ3n) is 3.54. The molecule has 90 valence electrons. The molecule has 1 unspecified atom stereocenters. The highest BCUT2D eigenvalue weighted by Gasteiger charge is 2.51. The molecule has 2 aliphatic heterocycles. The minimum Gasteiger partial charge on any atom is -0.425 e. The van der Waals surface area contributed by atoms with Gasteiger partial charge in [0.25, 0.3) is 0 Å². The molecule has 1 saturated heterocycles. The Bertz CT molecular complexity index is 478. The molecule has 1 aromatic rings. The fourth-order valence-corrected chi connectivity index (χ4v) is 2.81. The van der Waals surface area contributed by atoms with Crippen molar-refractivity contribution < 1.29 is 14.3 Å². The Hall–Kier alpha value is -1.35. The minimum atomic E-state index is -0.838. The van der Waals surface area contributed by atoms with Crippen molar-refractivity contribution in [2.45, 2.75) is 44.5 Å². The summed E-state index contributed by atoms with van der Waals surface area (Å²) in [5, 5.41) is 0. The summed E-state index contributed by atoms with van der Waals surface area (Å²) in [6.07, 6.45) is 2.75. The topological polar surface area (TPSA) is 35.5 Å². The van der Waals surface area contributed by atoms with Gasteiger partial charge in [0.2, 0.25) is 5.79 Å². The first kappa shape index (κ1) is 10.8. The smallest absolute Gasteiger partial charge is 0.341 e. The predicted molar refractivity (Wildman–Crippen MR) is 62.6 cm³/mol.